The normalized spacial score (nSPS) is 9.89. The smallest absolute Gasteiger partial charge is 0.301 e. The molecule has 0 bridgehead atoms. The molecular weight excluding hydrogens is 266 g/mol. The van der Waals surface area contributed by atoms with E-state index in [0.717, 1.165) is 4.90 Å². The Morgan fingerprint density at radius 2 is 2.16 bits per heavy atom. The molecule has 1 heterocycles. The second-order valence-electron chi connectivity index (χ2n) is 3.48. The highest BCUT2D eigenvalue weighted by Gasteiger charge is 2.15. The lowest BCUT2D eigenvalue weighted by molar-refractivity contribution is -0.388. The number of rotatable bonds is 5. The molecule has 2 aromatic rings. The topological polar surface area (TPSA) is 85.1 Å². The number of nitrogens with zero attached hydrogens (tertiary/aromatic N) is 2. The van der Waals surface area contributed by atoms with E-state index >= 15 is 0 Å². The number of nitro groups is 1. The zero-order valence-corrected chi connectivity index (χ0v) is 10.5. The van der Waals surface area contributed by atoms with Crippen molar-refractivity contribution in [1.82, 2.24) is 4.98 Å². The number of aromatic nitrogens is 1. The Labute approximate surface area is 113 Å². The summed E-state index contributed by atoms with van der Waals surface area (Å²) in [6, 6.07) is 9.92. The van der Waals surface area contributed by atoms with Crippen LogP contribution in [0.4, 0.5) is 11.4 Å². The predicted molar refractivity (Wildman–Crippen MR) is 71.1 cm³/mol. The van der Waals surface area contributed by atoms with Crippen LogP contribution in [-0.2, 0) is 4.79 Å². The van der Waals surface area contributed by atoms with Gasteiger partial charge in [-0.15, -0.1) is 0 Å². The summed E-state index contributed by atoms with van der Waals surface area (Å²) in [5, 5.41) is 13.7. The van der Waals surface area contributed by atoms with Crippen molar-refractivity contribution >= 4 is 29.5 Å². The molecule has 2 rings (SSSR count). The third kappa shape index (κ3) is 3.29. The fourth-order valence-corrected chi connectivity index (χ4v) is 2.35. The van der Waals surface area contributed by atoms with E-state index in [1.165, 1.54) is 30.1 Å². The number of benzene rings is 1. The molecule has 96 valence electrons. The lowest BCUT2D eigenvalue weighted by atomic mass is 10.3. The van der Waals surface area contributed by atoms with E-state index in [4.69, 9.17) is 0 Å². The first-order valence-electron chi connectivity index (χ1n) is 5.28. The van der Waals surface area contributed by atoms with Gasteiger partial charge in [-0.25, -0.2) is 4.98 Å². The lowest BCUT2D eigenvalue weighted by Gasteiger charge is -2.04. The molecule has 6 nitrogen and oxygen atoms in total. The number of carbonyl (C=O) groups excluding carboxylic acids is 1. The molecule has 1 amide bonds. The zero-order chi connectivity index (χ0) is 13.7. The monoisotopic (exact) mass is 275 g/mol. The average Bonchev–Trinajstić information content (AvgIpc) is 2.40. The van der Waals surface area contributed by atoms with Gasteiger partial charge in [-0.2, -0.15) is 0 Å². The second kappa shape index (κ2) is 5.96. The van der Waals surface area contributed by atoms with Gasteiger partial charge >= 0.3 is 5.69 Å². The number of carbonyl (C=O) groups is 1. The fraction of sp³-hybridized carbons (Fsp3) is 0. The van der Waals surface area contributed by atoms with Crippen molar-refractivity contribution < 1.29 is 9.72 Å². The Morgan fingerprint density at radius 3 is 2.89 bits per heavy atom. The van der Waals surface area contributed by atoms with Crippen LogP contribution >= 0.6 is 11.8 Å². The van der Waals surface area contributed by atoms with Gasteiger partial charge in [0.05, 0.1) is 4.92 Å². The molecule has 19 heavy (non-hydrogen) atoms. The van der Waals surface area contributed by atoms with Crippen LogP contribution in [0.2, 0.25) is 0 Å². The average molecular weight is 275 g/mol. The minimum Gasteiger partial charge on any atom is -0.329 e. The minimum absolute atomic E-state index is 0.0405. The highest BCUT2D eigenvalue weighted by molar-refractivity contribution is 7.99. The number of hydrogen-bond acceptors (Lipinski definition) is 5. The SMILES string of the molecule is O=CNc1cccc(Sc2ncccc2[N+](=O)[O-])c1. The van der Waals surface area contributed by atoms with Crippen molar-refractivity contribution in [3.63, 3.8) is 0 Å². The maximum Gasteiger partial charge on any atom is 0.301 e. The fourth-order valence-electron chi connectivity index (χ4n) is 1.43. The maximum atomic E-state index is 10.9. The van der Waals surface area contributed by atoms with E-state index in [2.05, 4.69) is 10.3 Å². The van der Waals surface area contributed by atoms with Crippen LogP contribution in [0.5, 0.6) is 0 Å². The van der Waals surface area contributed by atoms with Crippen LogP contribution in [0.25, 0.3) is 0 Å². The van der Waals surface area contributed by atoms with Gasteiger partial charge in [-0.05, 0) is 24.3 Å². The Bertz CT molecular complexity index is 619. The van der Waals surface area contributed by atoms with Crippen molar-refractivity contribution in [2.45, 2.75) is 9.92 Å². The Balaban J connectivity index is 2.28. The first kappa shape index (κ1) is 13.0. The van der Waals surface area contributed by atoms with E-state index < -0.39 is 4.92 Å². The van der Waals surface area contributed by atoms with Crippen LogP contribution in [-0.4, -0.2) is 16.3 Å². The van der Waals surface area contributed by atoms with Crippen LogP contribution in [0.3, 0.4) is 0 Å². The molecule has 1 aromatic carbocycles. The second-order valence-corrected chi connectivity index (χ2v) is 4.54. The number of anilines is 1. The van der Waals surface area contributed by atoms with Gasteiger partial charge in [0.15, 0.2) is 5.03 Å². The summed E-state index contributed by atoms with van der Waals surface area (Å²) in [7, 11) is 0. The summed E-state index contributed by atoms with van der Waals surface area (Å²) in [6.07, 6.45) is 2.08. The lowest BCUT2D eigenvalue weighted by Crippen LogP contribution is -1.94. The quantitative estimate of drug-likeness (QED) is 0.515. The molecule has 0 atom stereocenters. The van der Waals surface area contributed by atoms with Gasteiger partial charge in [0.1, 0.15) is 0 Å². The van der Waals surface area contributed by atoms with E-state index in [0.29, 0.717) is 17.1 Å². The van der Waals surface area contributed by atoms with Crippen LogP contribution in [0.1, 0.15) is 0 Å². The van der Waals surface area contributed by atoms with Crippen LogP contribution in [0, 0.1) is 10.1 Å². The van der Waals surface area contributed by atoms with Crippen molar-refractivity contribution in [2.75, 3.05) is 5.32 Å². The Kier molecular flexibility index (Phi) is 4.09. The van der Waals surface area contributed by atoms with Gasteiger partial charge in [-0.3, -0.25) is 14.9 Å². The number of pyridine rings is 1. The summed E-state index contributed by atoms with van der Waals surface area (Å²) < 4.78 is 0. The van der Waals surface area contributed by atoms with Crippen molar-refractivity contribution in [2.24, 2.45) is 0 Å². The highest BCUT2D eigenvalue weighted by Crippen LogP contribution is 2.33. The molecule has 0 saturated carbocycles. The van der Waals surface area contributed by atoms with Gasteiger partial charge in [0.2, 0.25) is 6.41 Å². The van der Waals surface area contributed by atoms with Crippen LogP contribution < -0.4 is 5.32 Å². The van der Waals surface area contributed by atoms with Crippen LogP contribution in [0.15, 0.2) is 52.5 Å². The third-order valence-electron chi connectivity index (χ3n) is 2.22. The predicted octanol–water partition coefficient (Wildman–Crippen LogP) is 2.71. The standard InChI is InChI=1S/C12H9N3O3S/c16-8-14-9-3-1-4-10(7-9)19-12-11(15(17)18)5-2-6-13-12/h1-8H,(H,14,16). The molecule has 1 aromatic heterocycles. The molecule has 0 radical (unpaired) electrons. The van der Waals surface area contributed by atoms with Gasteiger partial charge < -0.3 is 5.32 Å². The molecule has 1 N–H and O–H groups in total. The highest BCUT2D eigenvalue weighted by atomic mass is 32.2. The van der Waals surface area contributed by atoms with E-state index in [-0.39, 0.29) is 5.69 Å². The molecular formula is C12H9N3O3S. The third-order valence-corrected chi connectivity index (χ3v) is 3.22. The van der Waals surface area contributed by atoms with Gasteiger partial charge in [0, 0.05) is 22.8 Å². The first-order chi connectivity index (χ1) is 9.20. The number of nitrogens with one attached hydrogen (secondary N) is 1. The number of hydrogen-bond donors (Lipinski definition) is 1. The summed E-state index contributed by atoms with van der Waals surface area (Å²) in [6.45, 7) is 0. The minimum atomic E-state index is -0.469. The van der Waals surface area contributed by atoms with E-state index in [1.54, 1.807) is 24.3 Å². The summed E-state index contributed by atoms with van der Waals surface area (Å²) >= 11 is 1.17. The first-order valence-corrected chi connectivity index (χ1v) is 6.10. The van der Waals surface area contributed by atoms with Crippen molar-refractivity contribution in [3.05, 3.63) is 52.7 Å². The summed E-state index contributed by atoms with van der Waals surface area (Å²) in [5.41, 5.74) is 0.583. The zero-order valence-electron chi connectivity index (χ0n) is 9.65. The molecule has 0 aliphatic heterocycles. The summed E-state index contributed by atoms with van der Waals surface area (Å²) in [5.74, 6) is 0. The van der Waals surface area contributed by atoms with E-state index in [1.807, 2.05) is 0 Å². The molecule has 0 aliphatic rings. The number of amides is 1. The molecule has 0 fully saturated rings. The molecule has 0 spiro atoms. The Hall–Kier alpha value is -2.41. The molecule has 0 unspecified atom stereocenters. The van der Waals surface area contributed by atoms with Gasteiger partial charge in [0.25, 0.3) is 0 Å². The summed E-state index contributed by atoms with van der Waals surface area (Å²) in [4.78, 5) is 25.5. The van der Waals surface area contributed by atoms with Crippen molar-refractivity contribution in [3.8, 4) is 0 Å². The maximum absolute atomic E-state index is 10.9. The Morgan fingerprint density at radius 1 is 1.32 bits per heavy atom. The molecule has 0 aliphatic carbocycles. The van der Waals surface area contributed by atoms with Crippen molar-refractivity contribution in [1.29, 1.82) is 0 Å². The van der Waals surface area contributed by atoms with E-state index in [9.17, 15) is 14.9 Å². The molecule has 0 saturated heterocycles. The largest absolute Gasteiger partial charge is 0.329 e. The molecule has 7 heteroatoms. The van der Waals surface area contributed by atoms with Gasteiger partial charge in [-0.1, -0.05) is 17.8 Å².